The van der Waals surface area contributed by atoms with Gasteiger partial charge < -0.3 is 18.9 Å². The topological polar surface area (TPSA) is 93.9 Å². The predicted molar refractivity (Wildman–Crippen MR) is 58.4 cm³/mol. The summed E-state index contributed by atoms with van der Waals surface area (Å²) in [6.07, 6.45) is -0.674. The minimum atomic E-state index is -1.01. The van der Waals surface area contributed by atoms with E-state index in [1.54, 1.807) is 0 Å². The van der Waals surface area contributed by atoms with Crippen molar-refractivity contribution in [2.24, 2.45) is 0 Å². The molecule has 2 rings (SSSR count). The van der Waals surface area contributed by atoms with Crippen molar-refractivity contribution in [1.29, 1.82) is 0 Å². The van der Waals surface area contributed by atoms with Gasteiger partial charge in [-0.05, 0) is 17.6 Å². The van der Waals surface area contributed by atoms with Crippen LogP contribution < -0.4 is 0 Å². The van der Waals surface area contributed by atoms with Gasteiger partial charge in [-0.25, -0.2) is 0 Å². The molecule has 2 saturated heterocycles. The number of hydrogen-bond acceptors (Lipinski definition) is 6. The monoisotopic (exact) mass is 265 g/mol. The van der Waals surface area contributed by atoms with Crippen molar-refractivity contribution in [2.45, 2.75) is 36.9 Å². The Morgan fingerprint density at radius 3 is 2.76 bits per heavy atom. The van der Waals surface area contributed by atoms with Crippen LogP contribution in [0.4, 0.5) is 0 Å². The maximum Gasteiger partial charge on any atom is 0.294 e. The fourth-order valence-electron chi connectivity index (χ4n) is 2.21. The van der Waals surface area contributed by atoms with Gasteiger partial charge >= 0.3 is 0 Å². The van der Waals surface area contributed by atoms with Crippen LogP contribution in [0, 0.1) is 10.1 Å². The molecular weight excluding hydrogens is 250 g/mol. The van der Waals surface area contributed by atoms with Crippen LogP contribution in [0.1, 0.15) is 13.3 Å². The van der Waals surface area contributed by atoms with E-state index in [9.17, 15) is 14.7 Å². The number of hydrogen-bond donors (Lipinski definition) is 0. The van der Waals surface area contributed by atoms with Gasteiger partial charge in [0.2, 0.25) is 0 Å². The van der Waals surface area contributed by atoms with Gasteiger partial charge in [-0.3, -0.25) is 0 Å². The Bertz CT molecular complexity index is 291. The van der Waals surface area contributed by atoms with Gasteiger partial charge in [0.05, 0.1) is 13.2 Å². The normalized spacial score (nSPS) is 37.8. The first kappa shape index (κ1) is 12.9. The molecule has 0 saturated carbocycles. The lowest BCUT2D eigenvalue weighted by Crippen LogP contribution is -2.38. The molecule has 0 aromatic heterocycles. The van der Waals surface area contributed by atoms with Gasteiger partial charge in [-0.1, -0.05) is 6.92 Å². The van der Waals surface area contributed by atoms with Gasteiger partial charge in [-0.2, -0.15) is 0 Å². The maximum atomic E-state index is 11.9. The van der Waals surface area contributed by atoms with E-state index in [4.69, 9.17) is 9.47 Å². The van der Waals surface area contributed by atoms with Crippen LogP contribution in [0.3, 0.4) is 0 Å². The molecule has 7 nitrogen and oxygen atoms in total. The average molecular weight is 265 g/mol. The minimum absolute atomic E-state index is 0.121. The van der Waals surface area contributed by atoms with Gasteiger partial charge in [0.1, 0.15) is 18.0 Å². The molecular formula is C9H15NO6S. The SMILES string of the molecule is CCC[S@@+]([O-])[C@@H]1CO[C@H]2[C@@H]1OC[C@H]2O[N+](=O)[O-]. The molecule has 2 fully saturated rings. The molecule has 8 heteroatoms. The first-order valence-electron chi connectivity index (χ1n) is 5.55. The quantitative estimate of drug-likeness (QED) is 0.391. The summed E-state index contributed by atoms with van der Waals surface area (Å²) >= 11 is -1.01. The Hall–Kier alpha value is -0.570. The van der Waals surface area contributed by atoms with Crippen molar-refractivity contribution in [3.63, 3.8) is 0 Å². The summed E-state index contributed by atoms with van der Waals surface area (Å²) in [6.45, 7) is 2.40. The zero-order chi connectivity index (χ0) is 12.4. The van der Waals surface area contributed by atoms with Crippen LogP contribution in [0.5, 0.6) is 0 Å². The Balaban J connectivity index is 1.94. The van der Waals surface area contributed by atoms with E-state index in [1.165, 1.54) is 0 Å². The molecule has 0 radical (unpaired) electrons. The summed E-state index contributed by atoms with van der Waals surface area (Å²) in [7, 11) is 0. The van der Waals surface area contributed by atoms with Gasteiger partial charge in [0, 0.05) is 0 Å². The molecule has 0 unspecified atom stereocenters. The molecule has 0 spiro atoms. The first-order valence-corrected chi connectivity index (χ1v) is 6.93. The Morgan fingerprint density at radius 1 is 1.41 bits per heavy atom. The van der Waals surface area contributed by atoms with Crippen molar-refractivity contribution in [3.05, 3.63) is 10.1 Å². The van der Waals surface area contributed by atoms with Gasteiger partial charge in [-0.15, -0.1) is 10.1 Å². The highest BCUT2D eigenvalue weighted by atomic mass is 32.2. The lowest BCUT2D eigenvalue weighted by Gasteiger charge is -2.20. The second-order valence-corrected chi connectivity index (χ2v) is 5.86. The minimum Gasteiger partial charge on any atom is -0.616 e. The number of rotatable bonds is 5. The highest BCUT2D eigenvalue weighted by molar-refractivity contribution is 7.92. The largest absolute Gasteiger partial charge is 0.616 e. The molecule has 0 amide bonds. The van der Waals surface area contributed by atoms with E-state index >= 15 is 0 Å². The van der Waals surface area contributed by atoms with Gasteiger partial charge in [0.15, 0.2) is 11.4 Å². The molecule has 0 aromatic rings. The Labute approximate surface area is 102 Å². The smallest absolute Gasteiger partial charge is 0.294 e. The maximum absolute atomic E-state index is 11.9. The summed E-state index contributed by atoms with van der Waals surface area (Å²) in [4.78, 5) is 14.8. The Morgan fingerprint density at radius 2 is 2.12 bits per heavy atom. The van der Waals surface area contributed by atoms with Crippen molar-refractivity contribution in [2.75, 3.05) is 19.0 Å². The van der Waals surface area contributed by atoms with E-state index < -0.39 is 28.5 Å². The average Bonchev–Trinajstić information content (AvgIpc) is 2.80. The Kier molecular flexibility index (Phi) is 4.08. The van der Waals surface area contributed by atoms with Crippen molar-refractivity contribution in [3.8, 4) is 0 Å². The first-order chi connectivity index (χ1) is 8.13. The lowest BCUT2D eigenvalue weighted by molar-refractivity contribution is -0.769. The molecule has 2 aliphatic heterocycles. The summed E-state index contributed by atoms with van der Waals surface area (Å²) in [5.74, 6) is 0.599. The van der Waals surface area contributed by atoms with Crippen LogP contribution >= 0.6 is 0 Å². The highest BCUT2D eigenvalue weighted by Crippen LogP contribution is 2.32. The van der Waals surface area contributed by atoms with Crippen LogP contribution in [0.15, 0.2) is 0 Å². The molecule has 2 aliphatic rings. The second-order valence-electron chi connectivity index (χ2n) is 4.09. The molecule has 0 aliphatic carbocycles. The summed E-state index contributed by atoms with van der Waals surface area (Å²) < 4.78 is 22.7. The molecule has 2 heterocycles. The van der Waals surface area contributed by atoms with E-state index in [2.05, 4.69) is 4.84 Å². The molecule has 0 aromatic carbocycles. The van der Waals surface area contributed by atoms with Crippen LogP contribution in [-0.2, 0) is 25.5 Å². The fraction of sp³-hybridized carbons (Fsp3) is 1.00. The van der Waals surface area contributed by atoms with Crippen LogP contribution in [-0.4, -0.2) is 52.2 Å². The van der Waals surface area contributed by atoms with Crippen LogP contribution in [0.2, 0.25) is 0 Å². The number of fused-ring (bicyclic) bond motifs is 1. The third-order valence-electron chi connectivity index (χ3n) is 2.93. The number of nitrogens with zero attached hydrogens (tertiary/aromatic N) is 1. The highest BCUT2D eigenvalue weighted by Gasteiger charge is 2.53. The van der Waals surface area contributed by atoms with Crippen molar-refractivity contribution in [1.82, 2.24) is 0 Å². The molecule has 98 valence electrons. The molecule has 5 atom stereocenters. The fourth-order valence-corrected chi connectivity index (χ4v) is 3.68. The van der Waals surface area contributed by atoms with Crippen LogP contribution in [0.25, 0.3) is 0 Å². The van der Waals surface area contributed by atoms with Gasteiger partial charge in [0.25, 0.3) is 5.09 Å². The van der Waals surface area contributed by atoms with Crippen molar-refractivity contribution < 1.29 is 24.0 Å². The second kappa shape index (κ2) is 5.38. The summed E-state index contributed by atoms with van der Waals surface area (Å²) in [5, 5.41) is 9.24. The van der Waals surface area contributed by atoms with Crippen molar-refractivity contribution >= 4 is 11.2 Å². The zero-order valence-corrected chi connectivity index (χ0v) is 10.3. The summed E-state index contributed by atoms with van der Waals surface area (Å²) in [6, 6.07) is 0. The standard InChI is InChI=1S/C9H15NO6S/c1-2-3-17(13)7-5-15-8-6(16-10(11)12)4-14-9(7)8/h6-9H,2-5H2,1H3/t6-,7-,8-,9-,17-/m1/s1. The molecule has 0 bridgehead atoms. The predicted octanol–water partition coefficient (Wildman–Crippen LogP) is -0.112. The molecule has 0 N–H and O–H groups in total. The van der Waals surface area contributed by atoms with E-state index in [1.807, 2.05) is 6.92 Å². The molecule has 17 heavy (non-hydrogen) atoms. The number of ether oxygens (including phenoxy) is 2. The van der Waals surface area contributed by atoms with E-state index in [-0.39, 0.29) is 18.0 Å². The third-order valence-corrected chi connectivity index (χ3v) is 4.82. The zero-order valence-electron chi connectivity index (χ0n) is 9.44. The van der Waals surface area contributed by atoms with E-state index in [0.717, 1.165) is 6.42 Å². The third kappa shape index (κ3) is 2.65. The summed E-state index contributed by atoms with van der Waals surface area (Å²) in [5.41, 5.74) is 0. The van der Waals surface area contributed by atoms with E-state index in [0.29, 0.717) is 12.4 Å². The lowest BCUT2D eigenvalue weighted by atomic mass is 10.1.